The van der Waals surface area contributed by atoms with Gasteiger partial charge < -0.3 is 22.4 Å². The van der Waals surface area contributed by atoms with Gasteiger partial charge in [0.05, 0.1) is 6.61 Å². The summed E-state index contributed by atoms with van der Waals surface area (Å²) in [6, 6.07) is 13.2. The molecule has 5 nitrogen and oxygen atoms in total. The molecule has 40 heavy (non-hydrogen) atoms. The molecule has 9 heteroatoms. The summed E-state index contributed by atoms with van der Waals surface area (Å²) in [5, 5.41) is 0. The highest BCUT2D eigenvalue weighted by Crippen LogP contribution is 2.40. The zero-order valence-corrected chi connectivity index (χ0v) is 32.8. The summed E-state index contributed by atoms with van der Waals surface area (Å²) in [6.07, 6.45) is -0.904. The summed E-state index contributed by atoms with van der Waals surface area (Å²) in [5.41, 5.74) is 0. The minimum absolute atomic E-state index is 0.199. The zero-order chi connectivity index (χ0) is 30.6. The summed E-state index contributed by atoms with van der Waals surface area (Å²) >= 11 is 0. The van der Waals surface area contributed by atoms with E-state index in [1.807, 2.05) is 0 Å². The normalized spacial score (nSPS) is 22.9. The molecule has 0 amide bonds. The van der Waals surface area contributed by atoms with E-state index in [1.54, 1.807) is 0 Å². The van der Waals surface area contributed by atoms with Crippen molar-refractivity contribution in [2.45, 2.75) is 180 Å². The van der Waals surface area contributed by atoms with E-state index in [9.17, 15) is 0 Å². The summed E-state index contributed by atoms with van der Waals surface area (Å²) in [4.78, 5) is 0. The number of hydrogen-bond acceptors (Lipinski definition) is 5. The lowest BCUT2D eigenvalue weighted by Gasteiger charge is -2.51. The zero-order valence-electron chi connectivity index (χ0n) is 28.8. The van der Waals surface area contributed by atoms with Crippen LogP contribution in [0.3, 0.4) is 0 Å². The summed E-state index contributed by atoms with van der Waals surface area (Å²) in [6.45, 7) is 32.7. The number of ether oxygens (including phenoxy) is 1. The molecule has 238 valence electrons. The van der Waals surface area contributed by atoms with Gasteiger partial charge in [-0.25, -0.2) is 0 Å². The van der Waals surface area contributed by atoms with Crippen molar-refractivity contribution < 1.29 is 22.4 Å². The molecule has 1 heterocycles. The largest absolute Gasteiger partial charge is 0.487 e. The molecule has 0 bridgehead atoms. The Morgan fingerprint density at radius 3 is 1.18 bits per heavy atom. The summed E-state index contributed by atoms with van der Waals surface area (Å²) in [7, 11) is -7.77. The average Bonchev–Trinajstić information content (AvgIpc) is 3.01. The predicted molar refractivity (Wildman–Crippen MR) is 183 cm³/mol. The predicted octanol–water partition coefficient (Wildman–Crippen LogP) is 10.1. The molecule has 0 aromatic heterocycles. The van der Waals surface area contributed by atoms with E-state index in [4.69, 9.17) is 22.4 Å². The van der Waals surface area contributed by atoms with Gasteiger partial charge in [-0.3, -0.25) is 0 Å². The molecule has 0 aromatic rings. The first-order valence-corrected chi connectivity index (χ1v) is 27.1. The maximum atomic E-state index is 7.47. The van der Waals surface area contributed by atoms with Crippen molar-refractivity contribution in [3.05, 3.63) is 12.3 Å². The first kappa shape index (κ1) is 38.3. The molecule has 0 aliphatic carbocycles. The Labute approximate surface area is 254 Å². The minimum Gasteiger partial charge on any atom is -0.487 e. The third kappa shape index (κ3) is 8.89. The molecule has 0 N–H and O–H groups in total. The SMILES string of the molecule is C=C1OC(CO[Si](CC)(CC)CC)[C@@H](O[Si](CC)(CC)CC)C(O[Si](CC)(CC)CC)C1O[Si](CC)(CC)CC. The standard InChI is InChI=1S/C31H68O5Si4/c1-14-37(15-2,16-3)32-26-28-30(35-39(20-7,21-8)22-9)31(36-40(23-10,24-11)25-12)29(27(13)33-28)34-38(17-4,18-5)19-6/h28-31H,13-26H2,1-12H3/t28?,29?,30-,31?/m1/s1. The third-order valence-corrected chi connectivity index (χ3v) is 29.6. The van der Waals surface area contributed by atoms with Crippen LogP contribution in [0.4, 0.5) is 0 Å². The fourth-order valence-electron chi connectivity index (χ4n) is 6.59. The highest BCUT2D eigenvalue weighted by Gasteiger charge is 2.53. The van der Waals surface area contributed by atoms with Gasteiger partial charge in [-0.15, -0.1) is 0 Å². The molecule has 1 rings (SSSR count). The summed E-state index contributed by atoms with van der Waals surface area (Å²) < 4.78 is 35.8. The average molecular weight is 633 g/mol. The maximum absolute atomic E-state index is 7.47. The van der Waals surface area contributed by atoms with Gasteiger partial charge in [0.15, 0.2) is 33.3 Å². The Hall–Kier alpha value is 0.248. The van der Waals surface area contributed by atoms with Gasteiger partial charge in [0.1, 0.15) is 30.2 Å². The van der Waals surface area contributed by atoms with Crippen molar-refractivity contribution in [3.8, 4) is 0 Å². The molecule has 1 aliphatic heterocycles. The molecule has 1 saturated heterocycles. The van der Waals surface area contributed by atoms with Crippen LogP contribution in [-0.4, -0.2) is 64.3 Å². The number of hydrogen-bond donors (Lipinski definition) is 0. The monoisotopic (exact) mass is 632 g/mol. The molecule has 0 saturated carbocycles. The first-order valence-electron chi connectivity index (χ1n) is 17.0. The van der Waals surface area contributed by atoms with E-state index in [-0.39, 0.29) is 24.4 Å². The molecule has 4 atom stereocenters. The minimum atomic E-state index is -2.00. The molecular weight excluding hydrogens is 565 g/mol. The van der Waals surface area contributed by atoms with Crippen LogP contribution in [0.2, 0.25) is 72.5 Å². The Kier molecular flexibility index (Phi) is 16.8. The van der Waals surface area contributed by atoms with E-state index in [2.05, 4.69) is 89.7 Å². The quantitative estimate of drug-likeness (QED) is 0.118. The number of rotatable bonds is 21. The third-order valence-electron chi connectivity index (χ3n) is 11.0. The molecular formula is C31H68O5Si4. The fraction of sp³-hybridized carbons (Fsp3) is 0.935. The molecule has 0 spiro atoms. The van der Waals surface area contributed by atoms with E-state index in [1.165, 1.54) is 0 Å². The van der Waals surface area contributed by atoms with E-state index in [0.29, 0.717) is 6.61 Å². The first-order chi connectivity index (χ1) is 19.0. The fourth-order valence-corrected chi connectivity index (χ4v) is 17.7. The second-order valence-electron chi connectivity index (χ2n) is 12.1. The Balaban J connectivity index is 3.75. The van der Waals surface area contributed by atoms with Crippen molar-refractivity contribution in [1.29, 1.82) is 0 Å². The lowest BCUT2D eigenvalue weighted by Crippen LogP contribution is -2.64. The molecule has 0 radical (unpaired) electrons. The Bertz CT molecular complexity index is 687. The Morgan fingerprint density at radius 2 is 0.825 bits per heavy atom. The van der Waals surface area contributed by atoms with Crippen LogP contribution in [0, 0.1) is 0 Å². The molecule has 0 aromatic carbocycles. The van der Waals surface area contributed by atoms with E-state index < -0.39 is 33.3 Å². The van der Waals surface area contributed by atoms with Crippen molar-refractivity contribution >= 4 is 33.3 Å². The van der Waals surface area contributed by atoms with Crippen LogP contribution in [0.5, 0.6) is 0 Å². The van der Waals surface area contributed by atoms with E-state index in [0.717, 1.165) is 78.3 Å². The lowest BCUT2D eigenvalue weighted by molar-refractivity contribution is -0.148. The molecule has 3 unspecified atom stereocenters. The molecule has 1 aliphatic rings. The van der Waals surface area contributed by atoms with Crippen LogP contribution in [0.15, 0.2) is 12.3 Å². The van der Waals surface area contributed by atoms with Gasteiger partial charge in [-0.05, 0) is 72.5 Å². The van der Waals surface area contributed by atoms with Crippen molar-refractivity contribution in [2.24, 2.45) is 0 Å². The second-order valence-corrected chi connectivity index (χ2v) is 31.1. The smallest absolute Gasteiger partial charge is 0.193 e. The van der Waals surface area contributed by atoms with Gasteiger partial charge in [0.2, 0.25) is 0 Å². The van der Waals surface area contributed by atoms with Crippen molar-refractivity contribution in [2.75, 3.05) is 6.61 Å². The Morgan fingerprint density at radius 1 is 0.500 bits per heavy atom. The highest BCUT2D eigenvalue weighted by molar-refractivity contribution is 6.75. The van der Waals surface area contributed by atoms with Crippen molar-refractivity contribution in [1.82, 2.24) is 0 Å². The van der Waals surface area contributed by atoms with E-state index >= 15 is 0 Å². The van der Waals surface area contributed by atoms with Crippen LogP contribution in [0.1, 0.15) is 83.1 Å². The second kappa shape index (κ2) is 17.5. The van der Waals surface area contributed by atoms with Crippen LogP contribution in [-0.2, 0) is 22.4 Å². The maximum Gasteiger partial charge on any atom is 0.193 e. The van der Waals surface area contributed by atoms with Gasteiger partial charge in [0, 0.05) is 0 Å². The topological polar surface area (TPSA) is 46.2 Å². The van der Waals surface area contributed by atoms with Crippen LogP contribution in [0.25, 0.3) is 0 Å². The van der Waals surface area contributed by atoms with Gasteiger partial charge in [-0.1, -0.05) is 89.7 Å². The van der Waals surface area contributed by atoms with Gasteiger partial charge in [-0.2, -0.15) is 0 Å². The van der Waals surface area contributed by atoms with Crippen molar-refractivity contribution in [3.63, 3.8) is 0 Å². The highest BCUT2D eigenvalue weighted by atomic mass is 28.4. The summed E-state index contributed by atoms with van der Waals surface area (Å²) in [5.74, 6) is 0.727. The van der Waals surface area contributed by atoms with Gasteiger partial charge in [0.25, 0.3) is 0 Å². The van der Waals surface area contributed by atoms with Crippen LogP contribution >= 0.6 is 0 Å². The van der Waals surface area contributed by atoms with Gasteiger partial charge >= 0.3 is 0 Å². The molecule has 1 fully saturated rings. The lowest BCUT2D eigenvalue weighted by atomic mass is 9.99. The van der Waals surface area contributed by atoms with Crippen LogP contribution < -0.4 is 0 Å².